The molecule has 3 heteroatoms. The number of rotatable bonds is 0. The van der Waals surface area contributed by atoms with Crippen LogP contribution in [0.4, 0.5) is 0 Å². The van der Waals surface area contributed by atoms with E-state index in [0.29, 0.717) is 0 Å². The summed E-state index contributed by atoms with van der Waals surface area (Å²) in [4.78, 5) is 0. The van der Waals surface area contributed by atoms with Crippen LogP contribution < -0.4 is 0 Å². The Labute approximate surface area is 29.4 Å². The largest absolute Gasteiger partial charge is 0.448 e. The van der Waals surface area contributed by atoms with E-state index in [0.717, 1.165) is 0 Å². The first-order valence-corrected chi connectivity index (χ1v) is 0.805. The maximum Gasteiger partial charge on any atom is 0.448 e. The molecule has 0 fully saturated rings. The van der Waals surface area contributed by atoms with Crippen LogP contribution in [0.25, 0.3) is 0 Å². The summed E-state index contributed by atoms with van der Waals surface area (Å²) in [5.74, 6) is 0. The predicted octanol–water partition coefficient (Wildman–Crippen LogP) is -0.911. The summed E-state index contributed by atoms with van der Waals surface area (Å²) in [6, 6.07) is 0. The van der Waals surface area contributed by atoms with E-state index < -0.39 is 13.9 Å². The molecule has 0 aromatic heterocycles. The molecule has 0 radical (unpaired) electrons. The van der Waals surface area contributed by atoms with Gasteiger partial charge in [0.1, 0.15) is 0 Å². The summed E-state index contributed by atoms with van der Waals surface area (Å²) in [5.41, 5.74) is 0. The molecule has 0 saturated heterocycles. The molecule has 0 bridgehead atoms. The zero-order valence-corrected chi connectivity index (χ0v) is 1.97. The first-order valence-electron chi connectivity index (χ1n) is 2.31. The fourth-order valence-electron chi connectivity index (χ4n) is 0. The molecular formula is CH5BO2. The standard InChI is InChI=1S/CH5BO2/c1-2(3)4/h3-4H,1H3/i1D3. The van der Waals surface area contributed by atoms with Gasteiger partial charge in [-0.2, -0.15) is 0 Å². The van der Waals surface area contributed by atoms with Crippen molar-refractivity contribution in [3.05, 3.63) is 0 Å². The Balaban J connectivity index is 3.54. The van der Waals surface area contributed by atoms with Crippen LogP contribution in [0.1, 0.15) is 4.11 Å². The lowest BCUT2D eigenvalue weighted by Crippen LogP contribution is -2.00. The molecule has 0 saturated carbocycles. The van der Waals surface area contributed by atoms with E-state index in [1.807, 2.05) is 0 Å². The van der Waals surface area contributed by atoms with Crippen LogP contribution in [0.2, 0.25) is 6.75 Å². The molecule has 0 amide bonds. The maximum absolute atomic E-state index is 7.88. The van der Waals surface area contributed by atoms with Gasteiger partial charge in [0.15, 0.2) is 0 Å². The highest BCUT2D eigenvalue weighted by atomic mass is 16.4. The van der Waals surface area contributed by atoms with Gasteiger partial charge in [0, 0.05) is 4.11 Å². The number of hydrogen-bond acceptors (Lipinski definition) is 2. The van der Waals surface area contributed by atoms with Gasteiger partial charge in [0.05, 0.1) is 0 Å². The topological polar surface area (TPSA) is 40.5 Å². The molecule has 4 heavy (non-hydrogen) atoms. The quantitative estimate of drug-likeness (QED) is 0.357. The van der Waals surface area contributed by atoms with Crippen molar-refractivity contribution >= 4 is 7.12 Å². The van der Waals surface area contributed by atoms with Crippen LogP contribution >= 0.6 is 0 Å². The molecule has 0 aromatic rings. The molecule has 0 aliphatic carbocycles. The number of hydrogen-bond donors (Lipinski definition) is 2. The first-order chi connectivity index (χ1) is 2.94. The van der Waals surface area contributed by atoms with Crippen LogP contribution in [-0.4, -0.2) is 17.2 Å². The molecule has 0 spiro atoms. The second-order valence-electron chi connectivity index (χ2n) is 0.374. The summed E-state index contributed by atoms with van der Waals surface area (Å²) in [6.07, 6.45) is 0. The van der Waals surface area contributed by atoms with E-state index in [1.54, 1.807) is 0 Å². The maximum atomic E-state index is 7.88. The van der Waals surface area contributed by atoms with Crippen molar-refractivity contribution in [2.45, 2.75) is 6.75 Å². The van der Waals surface area contributed by atoms with E-state index in [4.69, 9.17) is 14.2 Å². The van der Waals surface area contributed by atoms with Crippen molar-refractivity contribution < 1.29 is 14.2 Å². The fraction of sp³-hybridized carbons (Fsp3) is 1.00. The van der Waals surface area contributed by atoms with Gasteiger partial charge in [-0.3, -0.25) is 0 Å². The van der Waals surface area contributed by atoms with Crippen molar-refractivity contribution in [1.82, 2.24) is 0 Å². The smallest absolute Gasteiger partial charge is 0.427 e. The molecule has 0 aromatic carbocycles. The summed E-state index contributed by atoms with van der Waals surface area (Å²) in [6.45, 7) is -2.64. The van der Waals surface area contributed by atoms with Gasteiger partial charge in [0.25, 0.3) is 0 Å². The molecule has 0 heterocycles. The normalized spacial score (nSPS) is 21.0. The van der Waals surface area contributed by atoms with E-state index in [2.05, 4.69) is 0 Å². The van der Waals surface area contributed by atoms with Crippen LogP contribution in [0.5, 0.6) is 0 Å². The lowest BCUT2D eigenvalue weighted by molar-refractivity contribution is 0.417. The van der Waals surface area contributed by atoms with Gasteiger partial charge in [0.2, 0.25) is 0 Å². The Hall–Kier alpha value is -0.0151. The Bertz CT molecular complexity index is 58.4. The van der Waals surface area contributed by atoms with E-state index in [1.165, 1.54) is 0 Å². The molecular weight excluding hydrogens is 54.8 g/mol. The lowest BCUT2D eigenvalue weighted by atomic mass is 9.99. The van der Waals surface area contributed by atoms with E-state index in [-0.39, 0.29) is 0 Å². The summed E-state index contributed by atoms with van der Waals surface area (Å²) < 4.78 is 18.7. The molecule has 2 N–H and O–H groups in total. The van der Waals surface area contributed by atoms with E-state index in [9.17, 15) is 0 Å². The van der Waals surface area contributed by atoms with Crippen LogP contribution in [0, 0.1) is 0 Å². The van der Waals surface area contributed by atoms with Gasteiger partial charge >= 0.3 is 7.12 Å². The van der Waals surface area contributed by atoms with Crippen molar-refractivity contribution in [1.29, 1.82) is 0 Å². The van der Waals surface area contributed by atoms with Gasteiger partial charge in [-0.15, -0.1) is 0 Å². The Morgan fingerprint density at radius 2 is 2.25 bits per heavy atom. The second-order valence-corrected chi connectivity index (χ2v) is 0.374. The molecule has 0 unspecified atom stereocenters. The molecule has 0 atom stereocenters. The average Bonchev–Trinajstić information content (AvgIpc) is 1.31. The van der Waals surface area contributed by atoms with Crippen LogP contribution in [-0.2, 0) is 0 Å². The highest BCUT2D eigenvalue weighted by molar-refractivity contribution is 6.38. The van der Waals surface area contributed by atoms with Crippen molar-refractivity contribution in [3.8, 4) is 0 Å². The summed E-state index contributed by atoms with van der Waals surface area (Å²) in [5, 5.41) is 15.8. The molecule has 0 aliphatic rings. The minimum absolute atomic E-state index is 2.20. The first kappa shape index (κ1) is 0.991. The van der Waals surface area contributed by atoms with Crippen molar-refractivity contribution in [3.63, 3.8) is 0 Å². The third-order valence-electron chi connectivity index (χ3n) is 0. The fourth-order valence-corrected chi connectivity index (χ4v) is 0. The molecule has 0 aliphatic heterocycles. The predicted molar refractivity (Wildman–Crippen MR) is 16.1 cm³/mol. The third kappa shape index (κ3) is 8480. The highest BCUT2D eigenvalue weighted by Gasteiger charge is 1.86. The highest BCUT2D eigenvalue weighted by Crippen LogP contribution is 1.51. The molecule has 24 valence electrons. The van der Waals surface area contributed by atoms with Crippen LogP contribution in [0.15, 0.2) is 0 Å². The van der Waals surface area contributed by atoms with E-state index >= 15 is 0 Å². The third-order valence-corrected chi connectivity index (χ3v) is 0. The van der Waals surface area contributed by atoms with Gasteiger partial charge in [-0.1, -0.05) is 0 Å². The van der Waals surface area contributed by atoms with Gasteiger partial charge in [-0.05, 0) is 6.75 Å². The van der Waals surface area contributed by atoms with Crippen LogP contribution in [0.3, 0.4) is 0 Å². The Morgan fingerprint density at radius 3 is 2.25 bits per heavy atom. The summed E-state index contributed by atoms with van der Waals surface area (Å²) >= 11 is 0. The van der Waals surface area contributed by atoms with Crippen molar-refractivity contribution in [2.75, 3.05) is 0 Å². The summed E-state index contributed by atoms with van der Waals surface area (Å²) in [7, 11) is -2.20. The van der Waals surface area contributed by atoms with Gasteiger partial charge < -0.3 is 10.0 Å². The molecule has 0 rings (SSSR count). The second kappa shape index (κ2) is 1.32. The monoisotopic (exact) mass is 63.1 g/mol. The van der Waals surface area contributed by atoms with Gasteiger partial charge in [-0.25, -0.2) is 0 Å². The SMILES string of the molecule is [2H]C([2H])([2H])B(O)O. The average molecular weight is 62.9 g/mol. The lowest BCUT2D eigenvalue weighted by Gasteiger charge is -1.71. The Morgan fingerprint density at radius 1 is 2.00 bits per heavy atom. The minimum atomic E-state index is -2.64. The molecule has 2 nitrogen and oxygen atoms in total. The Kier molecular flexibility index (Phi) is 0.327. The zero-order valence-electron chi connectivity index (χ0n) is 4.97. The minimum Gasteiger partial charge on any atom is -0.427 e. The van der Waals surface area contributed by atoms with Crippen molar-refractivity contribution in [2.24, 2.45) is 0 Å². The zero-order chi connectivity index (χ0) is 6.08.